The van der Waals surface area contributed by atoms with Gasteiger partial charge in [-0.25, -0.2) is 4.39 Å². The van der Waals surface area contributed by atoms with Gasteiger partial charge in [-0.2, -0.15) is 18.2 Å². The normalized spacial score (nSPS) is 11.7. The third-order valence-electron chi connectivity index (χ3n) is 5.46. The fourth-order valence-corrected chi connectivity index (χ4v) is 3.65. The van der Waals surface area contributed by atoms with E-state index in [1.165, 1.54) is 18.4 Å². The molecule has 5 aromatic rings. The predicted octanol–water partition coefficient (Wildman–Crippen LogP) is 6.00. The van der Waals surface area contributed by atoms with Crippen molar-refractivity contribution < 1.29 is 36.3 Å². The lowest BCUT2D eigenvalue weighted by molar-refractivity contribution is -0.137. The predicted molar refractivity (Wildman–Crippen MR) is 123 cm³/mol. The molecule has 0 aliphatic rings. The first-order valence-corrected chi connectivity index (χ1v) is 10.9. The topological polar surface area (TPSA) is 98.6 Å². The van der Waals surface area contributed by atoms with Crippen molar-refractivity contribution in [3.05, 3.63) is 94.4 Å². The largest absolute Gasteiger partial charge is 0.508 e. The van der Waals surface area contributed by atoms with Crippen molar-refractivity contribution >= 4 is 11.0 Å². The van der Waals surface area contributed by atoms with Crippen molar-refractivity contribution in [3.8, 4) is 34.1 Å². The molecule has 0 atom stereocenters. The second-order valence-corrected chi connectivity index (χ2v) is 8.02. The maximum Gasteiger partial charge on any atom is 0.416 e. The van der Waals surface area contributed by atoms with Gasteiger partial charge >= 0.3 is 6.18 Å². The van der Waals surface area contributed by atoms with Crippen molar-refractivity contribution in [2.45, 2.75) is 12.6 Å². The summed E-state index contributed by atoms with van der Waals surface area (Å²) in [5, 5.41) is 13.5. The van der Waals surface area contributed by atoms with Crippen LogP contribution in [0.5, 0.6) is 11.5 Å². The van der Waals surface area contributed by atoms with Gasteiger partial charge in [-0.1, -0.05) is 17.3 Å². The standard InChI is InChI=1S/C26H16F4N2O5/c27-17-10-15(9-16(11-17)26(28,29)30)25-31-23(32-37-25)7-8-35-19-5-6-20-22(12-19)36-13-21(24(20)34)14-1-3-18(33)4-2-14/h1-6,9-13,33H,7-8H2. The van der Waals surface area contributed by atoms with Gasteiger partial charge in [0.25, 0.3) is 5.89 Å². The van der Waals surface area contributed by atoms with Crippen molar-refractivity contribution in [2.24, 2.45) is 0 Å². The zero-order valence-corrected chi connectivity index (χ0v) is 18.8. The van der Waals surface area contributed by atoms with Crippen LogP contribution in [0.15, 0.2) is 80.7 Å². The maximum atomic E-state index is 13.7. The van der Waals surface area contributed by atoms with Crippen LogP contribution in [0, 0.1) is 5.82 Å². The highest BCUT2D eigenvalue weighted by atomic mass is 19.4. The van der Waals surface area contributed by atoms with Gasteiger partial charge in [0.15, 0.2) is 11.3 Å². The van der Waals surface area contributed by atoms with Gasteiger partial charge in [0.1, 0.15) is 29.2 Å². The lowest BCUT2D eigenvalue weighted by atomic mass is 10.1. The second kappa shape index (κ2) is 9.41. The number of phenolic OH excluding ortho intramolecular Hbond substituents is 1. The zero-order valence-electron chi connectivity index (χ0n) is 18.8. The minimum absolute atomic E-state index is 0.0806. The third kappa shape index (κ3) is 5.15. The number of alkyl halides is 3. The van der Waals surface area contributed by atoms with Gasteiger partial charge in [0.2, 0.25) is 0 Å². The Bertz CT molecular complexity index is 1640. The van der Waals surface area contributed by atoms with E-state index in [2.05, 4.69) is 10.1 Å². The molecule has 3 aromatic carbocycles. The van der Waals surface area contributed by atoms with Crippen molar-refractivity contribution in [2.75, 3.05) is 6.61 Å². The Balaban J connectivity index is 1.27. The van der Waals surface area contributed by atoms with Crippen molar-refractivity contribution in [1.82, 2.24) is 10.1 Å². The molecule has 7 nitrogen and oxygen atoms in total. The number of aromatic hydroxyl groups is 1. The van der Waals surface area contributed by atoms with Gasteiger partial charge in [-0.3, -0.25) is 4.79 Å². The van der Waals surface area contributed by atoms with Crippen LogP contribution in [0.1, 0.15) is 11.4 Å². The van der Waals surface area contributed by atoms with Crippen LogP contribution in [0.3, 0.4) is 0 Å². The number of fused-ring (bicyclic) bond motifs is 1. The Kier molecular flexibility index (Phi) is 6.12. The first-order valence-electron chi connectivity index (χ1n) is 10.9. The van der Waals surface area contributed by atoms with Gasteiger partial charge in [-0.15, -0.1) is 0 Å². The summed E-state index contributed by atoms with van der Waals surface area (Å²) in [6.45, 7) is 0.0806. The summed E-state index contributed by atoms with van der Waals surface area (Å²) < 4.78 is 68.8. The molecule has 2 heterocycles. The molecule has 0 amide bonds. The quantitative estimate of drug-likeness (QED) is 0.279. The van der Waals surface area contributed by atoms with Crippen LogP contribution in [0.4, 0.5) is 17.6 Å². The fraction of sp³-hybridized carbons (Fsp3) is 0.115. The highest BCUT2D eigenvalue weighted by molar-refractivity contribution is 5.82. The first kappa shape index (κ1) is 24.0. The number of rotatable bonds is 6. The molecule has 0 aliphatic carbocycles. The molecule has 37 heavy (non-hydrogen) atoms. The number of nitrogens with zero attached hydrogens (tertiary/aromatic N) is 2. The zero-order chi connectivity index (χ0) is 26.2. The van der Waals surface area contributed by atoms with E-state index in [0.29, 0.717) is 33.9 Å². The van der Waals surface area contributed by atoms with Crippen LogP contribution >= 0.6 is 0 Å². The molecule has 2 aromatic heterocycles. The van der Waals surface area contributed by atoms with E-state index in [4.69, 9.17) is 13.7 Å². The number of aromatic nitrogens is 2. The number of halogens is 4. The number of benzene rings is 3. The van der Waals surface area contributed by atoms with Crippen molar-refractivity contribution in [1.29, 1.82) is 0 Å². The average Bonchev–Trinajstić information content (AvgIpc) is 3.33. The molecule has 11 heteroatoms. The lowest BCUT2D eigenvalue weighted by Gasteiger charge is -2.07. The van der Waals surface area contributed by atoms with Gasteiger partial charge in [0, 0.05) is 18.1 Å². The Morgan fingerprint density at radius 2 is 1.76 bits per heavy atom. The molecular formula is C26H16F4N2O5. The Morgan fingerprint density at radius 1 is 0.973 bits per heavy atom. The third-order valence-corrected chi connectivity index (χ3v) is 5.46. The fourth-order valence-electron chi connectivity index (χ4n) is 3.65. The Labute approximate surface area is 205 Å². The molecule has 188 valence electrons. The van der Waals surface area contributed by atoms with Crippen LogP contribution in [0.25, 0.3) is 33.6 Å². The maximum absolute atomic E-state index is 13.7. The highest BCUT2D eigenvalue weighted by Gasteiger charge is 2.32. The number of hydrogen-bond acceptors (Lipinski definition) is 7. The van der Waals surface area contributed by atoms with E-state index in [0.717, 1.165) is 12.1 Å². The van der Waals surface area contributed by atoms with Crippen LogP contribution in [0.2, 0.25) is 0 Å². The average molecular weight is 512 g/mol. The van der Waals surface area contributed by atoms with E-state index >= 15 is 0 Å². The van der Waals surface area contributed by atoms with E-state index in [1.807, 2.05) is 0 Å². The number of phenols is 1. The minimum atomic E-state index is -4.72. The van der Waals surface area contributed by atoms with Gasteiger partial charge < -0.3 is 18.8 Å². The summed E-state index contributed by atoms with van der Waals surface area (Å²) in [5.74, 6) is -0.698. The SMILES string of the molecule is O=c1c(-c2ccc(O)cc2)coc2cc(OCCc3noc(-c4cc(F)cc(C(F)(F)F)c4)n3)ccc12. The first-order chi connectivity index (χ1) is 17.7. The number of hydrogen-bond donors (Lipinski definition) is 1. The molecule has 0 bridgehead atoms. The highest BCUT2D eigenvalue weighted by Crippen LogP contribution is 2.33. The molecule has 5 rings (SSSR count). The van der Waals surface area contributed by atoms with E-state index in [-0.39, 0.29) is 41.5 Å². The summed E-state index contributed by atoms with van der Waals surface area (Å²) in [4.78, 5) is 16.9. The summed E-state index contributed by atoms with van der Waals surface area (Å²) in [5.41, 5.74) is -0.356. The molecule has 0 fully saturated rings. The summed E-state index contributed by atoms with van der Waals surface area (Å²) in [6, 6.07) is 12.9. The molecule has 0 aliphatic heterocycles. The smallest absolute Gasteiger partial charge is 0.416 e. The second-order valence-electron chi connectivity index (χ2n) is 8.02. The van der Waals surface area contributed by atoms with E-state index < -0.39 is 17.6 Å². The molecule has 1 N–H and O–H groups in total. The summed E-state index contributed by atoms with van der Waals surface area (Å²) >= 11 is 0. The molecule has 0 saturated heterocycles. The molecule has 0 spiro atoms. The lowest BCUT2D eigenvalue weighted by Crippen LogP contribution is -2.06. The van der Waals surface area contributed by atoms with Crippen molar-refractivity contribution in [3.63, 3.8) is 0 Å². The monoisotopic (exact) mass is 512 g/mol. The summed E-state index contributed by atoms with van der Waals surface area (Å²) in [6.07, 6.45) is -3.25. The van der Waals surface area contributed by atoms with Gasteiger partial charge in [0.05, 0.1) is 23.1 Å². The van der Waals surface area contributed by atoms with Gasteiger partial charge in [-0.05, 0) is 48.0 Å². The molecule has 0 saturated carbocycles. The minimum Gasteiger partial charge on any atom is -0.508 e. The van der Waals surface area contributed by atoms with Crippen LogP contribution in [-0.2, 0) is 12.6 Å². The molecule has 0 unspecified atom stereocenters. The van der Waals surface area contributed by atoms with E-state index in [1.54, 1.807) is 30.3 Å². The Morgan fingerprint density at radius 3 is 2.51 bits per heavy atom. The van der Waals surface area contributed by atoms with E-state index in [9.17, 15) is 27.5 Å². The number of ether oxygens (including phenoxy) is 1. The molecular weight excluding hydrogens is 496 g/mol. The Hall–Kier alpha value is -4.67. The summed E-state index contributed by atoms with van der Waals surface area (Å²) in [7, 11) is 0. The molecule has 0 radical (unpaired) electrons. The van der Waals surface area contributed by atoms with Crippen LogP contribution < -0.4 is 10.2 Å². The van der Waals surface area contributed by atoms with Crippen LogP contribution in [-0.4, -0.2) is 21.9 Å².